The monoisotopic (exact) mass is 300 g/mol. The number of thiazole rings is 1. The topological polar surface area (TPSA) is 79.0 Å². The van der Waals surface area contributed by atoms with Crippen molar-refractivity contribution in [2.75, 3.05) is 0 Å². The molecule has 0 aliphatic rings. The molecule has 0 fully saturated rings. The van der Waals surface area contributed by atoms with Gasteiger partial charge in [-0.2, -0.15) is 5.10 Å². The summed E-state index contributed by atoms with van der Waals surface area (Å²) in [6.07, 6.45) is 3.32. The predicted octanol–water partition coefficient (Wildman–Crippen LogP) is 2.17. The molecule has 7 heteroatoms. The summed E-state index contributed by atoms with van der Waals surface area (Å²) in [5.74, 6) is -0.126. The van der Waals surface area contributed by atoms with Gasteiger partial charge in [-0.25, -0.2) is 10.4 Å². The third-order valence-electron chi connectivity index (χ3n) is 2.92. The van der Waals surface area contributed by atoms with Gasteiger partial charge >= 0.3 is 0 Å². The molecule has 0 unspecified atom stereocenters. The number of hydrazone groups is 1. The Morgan fingerprint density at radius 2 is 2.19 bits per heavy atom. The first-order valence-corrected chi connectivity index (χ1v) is 7.08. The van der Waals surface area contributed by atoms with Crippen LogP contribution in [0.5, 0.6) is 5.75 Å². The Kier molecular flexibility index (Phi) is 3.41. The van der Waals surface area contributed by atoms with Gasteiger partial charge in [-0.1, -0.05) is 0 Å². The Hall–Kier alpha value is -2.67. The highest BCUT2D eigenvalue weighted by atomic mass is 32.1. The van der Waals surface area contributed by atoms with E-state index in [0.29, 0.717) is 11.4 Å². The Morgan fingerprint density at radius 1 is 1.43 bits per heavy atom. The smallest absolute Gasteiger partial charge is 0.290 e. The number of aromatic hydroxyl groups is 1. The number of nitrogens with zero attached hydrogens (tertiary/aromatic N) is 3. The van der Waals surface area contributed by atoms with Crippen molar-refractivity contribution in [3.63, 3.8) is 0 Å². The first-order valence-electron chi connectivity index (χ1n) is 6.20. The zero-order valence-corrected chi connectivity index (χ0v) is 12.0. The molecule has 0 saturated heterocycles. The van der Waals surface area contributed by atoms with E-state index in [-0.39, 0.29) is 11.7 Å². The molecule has 2 aromatic heterocycles. The molecule has 3 rings (SSSR count). The van der Waals surface area contributed by atoms with Crippen molar-refractivity contribution in [3.8, 4) is 5.75 Å². The van der Waals surface area contributed by atoms with Crippen LogP contribution in [0.15, 0.2) is 40.9 Å². The van der Waals surface area contributed by atoms with Crippen LogP contribution in [0.4, 0.5) is 0 Å². The molecule has 3 aromatic rings. The highest BCUT2D eigenvalue weighted by molar-refractivity contribution is 7.15. The molecule has 0 spiro atoms. The van der Waals surface area contributed by atoms with Crippen molar-refractivity contribution in [1.29, 1.82) is 0 Å². The van der Waals surface area contributed by atoms with E-state index in [2.05, 4.69) is 15.5 Å². The molecule has 0 radical (unpaired) electrons. The van der Waals surface area contributed by atoms with Crippen molar-refractivity contribution in [2.45, 2.75) is 6.92 Å². The lowest BCUT2D eigenvalue weighted by Crippen LogP contribution is -2.20. The van der Waals surface area contributed by atoms with E-state index in [4.69, 9.17) is 0 Å². The van der Waals surface area contributed by atoms with Gasteiger partial charge in [-0.15, -0.1) is 11.3 Å². The lowest BCUT2D eigenvalue weighted by Gasteiger charge is -1.99. The molecule has 0 atom stereocenters. The van der Waals surface area contributed by atoms with Crippen molar-refractivity contribution in [3.05, 3.63) is 52.8 Å². The average Bonchev–Trinajstić information content (AvgIpc) is 3.00. The number of hydrogen-bond donors (Lipinski definition) is 2. The normalized spacial score (nSPS) is 11.3. The van der Waals surface area contributed by atoms with Crippen LogP contribution in [-0.2, 0) is 0 Å². The number of hydrogen-bond acceptors (Lipinski definition) is 5. The number of aryl methyl sites for hydroxylation is 1. The molecule has 1 aromatic carbocycles. The summed E-state index contributed by atoms with van der Waals surface area (Å²) in [6.45, 7) is 1.79. The van der Waals surface area contributed by atoms with Crippen LogP contribution in [0.1, 0.15) is 21.7 Å². The van der Waals surface area contributed by atoms with Crippen molar-refractivity contribution in [2.24, 2.45) is 5.10 Å². The quantitative estimate of drug-likeness (QED) is 0.575. The molecule has 0 aliphatic carbocycles. The standard InChI is InChI=1S/C14H12N4O2S/c1-9-12(18-6-7-21-14(18)16-9)13(20)17-15-8-10-2-4-11(19)5-3-10/h2-8,19H,1H3,(H,17,20)/b15-8-. The Morgan fingerprint density at radius 3 is 2.95 bits per heavy atom. The van der Waals surface area contributed by atoms with E-state index in [1.165, 1.54) is 17.6 Å². The number of benzene rings is 1. The molecule has 1 amide bonds. The largest absolute Gasteiger partial charge is 0.508 e. The number of rotatable bonds is 3. The maximum atomic E-state index is 12.2. The van der Waals surface area contributed by atoms with E-state index < -0.39 is 0 Å². The van der Waals surface area contributed by atoms with Gasteiger partial charge in [0.1, 0.15) is 11.4 Å². The highest BCUT2D eigenvalue weighted by Gasteiger charge is 2.16. The zero-order valence-electron chi connectivity index (χ0n) is 11.1. The van der Waals surface area contributed by atoms with Crippen LogP contribution in [0, 0.1) is 6.92 Å². The first-order chi connectivity index (χ1) is 10.1. The van der Waals surface area contributed by atoms with Crippen molar-refractivity contribution in [1.82, 2.24) is 14.8 Å². The fraction of sp³-hybridized carbons (Fsp3) is 0.0714. The molecule has 2 N–H and O–H groups in total. The fourth-order valence-electron chi connectivity index (χ4n) is 1.95. The number of carbonyl (C=O) groups excluding carboxylic acids is 1. The van der Waals surface area contributed by atoms with Gasteiger partial charge in [-0.3, -0.25) is 9.20 Å². The summed E-state index contributed by atoms with van der Waals surface area (Å²) in [4.78, 5) is 17.3. The van der Waals surface area contributed by atoms with Gasteiger partial charge in [0, 0.05) is 11.6 Å². The molecule has 2 heterocycles. The molecular weight excluding hydrogens is 288 g/mol. The van der Waals surface area contributed by atoms with E-state index in [9.17, 15) is 9.90 Å². The number of imidazole rings is 1. The summed E-state index contributed by atoms with van der Waals surface area (Å²) < 4.78 is 1.74. The number of nitrogens with one attached hydrogen (secondary N) is 1. The summed E-state index contributed by atoms with van der Waals surface area (Å²) in [6, 6.07) is 6.51. The Labute approximate surface area is 124 Å². The second-order valence-electron chi connectivity index (χ2n) is 4.39. The van der Waals surface area contributed by atoms with Crippen molar-refractivity contribution < 1.29 is 9.90 Å². The molecule has 106 valence electrons. The number of phenolic OH excluding ortho intramolecular Hbond substituents is 1. The highest BCUT2D eigenvalue weighted by Crippen LogP contribution is 2.16. The first kappa shape index (κ1) is 13.3. The summed E-state index contributed by atoms with van der Waals surface area (Å²) in [5.41, 5.74) is 4.41. The minimum Gasteiger partial charge on any atom is -0.508 e. The maximum absolute atomic E-state index is 12.2. The summed E-state index contributed by atoms with van der Waals surface area (Å²) in [5, 5.41) is 15.0. The third-order valence-corrected chi connectivity index (χ3v) is 3.68. The van der Waals surface area contributed by atoms with Crippen molar-refractivity contribution >= 4 is 28.4 Å². The summed E-state index contributed by atoms with van der Waals surface area (Å²) >= 11 is 1.47. The van der Waals surface area contributed by atoms with Crippen LogP contribution in [0.2, 0.25) is 0 Å². The van der Waals surface area contributed by atoms with Crippen LogP contribution >= 0.6 is 11.3 Å². The molecular formula is C14H12N4O2S. The van der Waals surface area contributed by atoms with E-state index in [0.717, 1.165) is 10.5 Å². The predicted molar refractivity (Wildman–Crippen MR) is 81.0 cm³/mol. The molecule has 6 nitrogen and oxygen atoms in total. The average molecular weight is 300 g/mol. The molecule has 0 saturated carbocycles. The van der Waals surface area contributed by atoms with Gasteiger partial charge in [0.25, 0.3) is 5.91 Å². The molecule has 0 bridgehead atoms. The minimum atomic E-state index is -0.312. The van der Waals surface area contributed by atoms with Gasteiger partial charge < -0.3 is 5.11 Å². The lowest BCUT2D eigenvalue weighted by atomic mass is 10.2. The SMILES string of the molecule is Cc1nc2sccn2c1C(=O)N/N=C\c1ccc(O)cc1. The van der Waals surface area contributed by atoms with Crippen LogP contribution < -0.4 is 5.43 Å². The molecule has 0 aliphatic heterocycles. The fourth-order valence-corrected chi connectivity index (χ4v) is 2.71. The minimum absolute atomic E-state index is 0.186. The lowest BCUT2D eigenvalue weighted by molar-refractivity contribution is 0.0948. The number of phenols is 1. The number of amides is 1. The number of carbonyl (C=O) groups is 1. The van der Waals surface area contributed by atoms with Gasteiger partial charge in [-0.05, 0) is 36.8 Å². The van der Waals surface area contributed by atoms with Gasteiger partial charge in [0.2, 0.25) is 0 Å². The van der Waals surface area contributed by atoms with E-state index in [1.807, 2.05) is 5.38 Å². The van der Waals surface area contributed by atoms with E-state index >= 15 is 0 Å². The zero-order chi connectivity index (χ0) is 14.8. The summed E-state index contributed by atoms with van der Waals surface area (Å²) in [7, 11) is 0. The van der Waals surface area contributed by atoms with E-state index in [1.54, 1.807) is 41.8 Å². The van der Waals surface area contributed by atoms with Gasteiger partial charge in [0.15, 0.2) is 4.96 Å². The second-order valence-corrected chi connectivity index (χ2v) is 5.27. The Balaban J connectivity index is 1.76. The molecule has 21 heavy (non-hydrogen) atoms. The second kappa shape index (κ2) is 5.37. The maximum Gasteiger partial charge on any atom is 0.290 e. The van der Waals surface area contributed by atoms with Gasteiger partial charge in [0.05, 0.1) is 11.9 Å². The van der Waals surface area contributed by atoms with Crippen LogP contribution in [-0.4, -0.2) is 26.6 Å². The van der Waals surface area contributed by atoms with Crippen LogP contribution in [0.25, 0.3) is 4.96 Å². The number of aromatic nitrogens is 2. The number of fused-ring (bicyclic) bond motifs is 1. The van der Waals surface area contributed by atoms with Crippen LogP contribution in [0.3, 0.4) is 0 Å². The Bertz CT molecular complexity index is 817. The third kappa shape index (κ3) is 2.63.